The Morgan fingerprint density at radius 1 is 1.12 bits per heavy atom. The summed E-state index contributed by atoms with van der Waals surface area (Å²) in [5, 5.41) is 16.5. The number of alkyl halides is 3. The molecule has 5 nitrogen and oxygen atoms in total. The predicted molar refractivity (Wildman–Crippen MR) is 79.1 cm³/mol. The zero-order valence-electron chi connectivity index (χ0n) is 12.5. The zero-order valence-corrected chi connectivity index (χ0v) is 12.5. The maximum Gasteiger partial charge on any atom is 0.416 e. The number of anilines is 1. The van der Waals surface area contributed by atoms with Gasteiger partial charge in [0.2, 0.25) is 0 Å². The van der Waals surface area contributed by atoms with E-state index in [1.54, 1.807) is 12.1 Å². The third kappa shape index (κ3) is 3.46. The van der Waals surface area contributed by atoms with Crippen molar-refractivity contribution in [1.29, 1.82) is 5.26 Å². The first kappa shape index (κ1) is 16.2. The molecule has 2 heterocycles. The summed E-state index contributed by atoms with van der Waals surface area (Å²) in [5.74, 6) is 0.606. The molecule has 1 aliphatic heterocycles. The first-order valence-corrected chi connectivity index (χ1v) is 7.25. The number of hydrogen-bond acceptors (Lipinski definition) is 5. The molecule has 1 aromatic carbocycles. The molecule has 0 amide bonds. The number of benzene rings is 1. The Labute approximate surface area is 136 Å². The van der Waals surface area contributed by atoms with Gasteiger partial charge in [0.25, 0.3) is 0 Å². The Hall–Kier alpha value is -2.66. The lowest BCUT2D eigenvalue weighted by molar-refractivity contribution is -0.137. The van der Waals surface area contributed by atoms with Gasteiger partial charge in [0.1, 0.15) is 12.2 Å². The van der Waals surface area contributed by atoms with E-state index in [4.69, 9.17) is 10.00 Å². The summed E-state index contributed by atoms with van der Waals surface area (Å²) in [5.41, 5.74) is 0.220. The van der Waals surface area contributed by atoms with Crippen LogP contribution < -0.4 is 4.90 Å². The van der Waals surface area contributed by atoms with E-state index in [9.17, 15) is 13.2 Å². The normalized spacial score (nSPS) is 18.2. The third-order valence-corrected chi connectivity index (χ3v) is 3.77. The maximum absolute atomic E-state index is 12.6. The van der Waals surface area contributed by atoms with Crippen LogP contribution >= 0.6 is 0 Å². The second-order valence-electron chi connectivity index (χ2n) is 5.31. The lowest BCUT2D eigenvalue weighted by atomic mass is 10.1. The summed E-state index contributed by atoms with van der Waals surface area (Å²) in [6, 6.07) is 10.1. The summed E-state index contributed by atoms with van der Waals surface area (Å²) in [6.07, 6.45) is -4.70. The second kappa shape index (κ2) is 6.45. The molecule has 24 heavy (non-hydrogen) atoms. The highest BCUT2D eigenvalue weighted by atomic mass is 19.4. The monoisotopic (exact) mass is 334 g/mol. The quantitative estimate of drug-likeness (QED) is 0.845. The number of halogens is 3. The summed E-state index contributed by atoms with van der Waals surface area (Å²) >= 11 is 0. The summed E-state index contributed by atoms with van der Waals surface area (Å²) in [6.45, 7) is 1.47. The van der Waals surface area contributed by atoms with Gasteiger partial charge in [-0.1, -0.05) is 12.1 Å². The maximum atomic E-state index is 12.6. The molecule has 124 valence electrons. The van der Waals surface area contributed by atoms with E-state index in [-0.39, 0.29) is 11.8 Å². The highest BCUT2D eigenvalue weighted by molar-refractivity contribution is 5.40. The van der Waals surface area contributed by atoms with Gasteiger partial charge in [-0.15, -0.1) is 10.2 Å². The van der Waals surface area contributed by atoms with Gasteiger partial charge in [0.15, 0.2) is 11.5 Å². The Kier molecular flexibility index (Phi) is 4.36. The molecule has 1 atom stereocenters. The SMILES string of the molecule is N#Cc1ccc(N2CCOC(c3ccc(C(F)(F)F)cc3)C2)nn1. The van der Waals surface area contributed by atoms with Crippen molar-refractivity contribution in [3.05, 3.63) is 53.2 Å². The number of rotatable bonds is 2. The van der Waals surface area contributed by atoms with Crippen molar-refractivity contribution in [3.8, 4) is 6.07 Å². The Bertz CT molecular complexity index is 738. The molecule has 1 fully saturated rings. The largest absolute Gasteiger partial charge is 0.416 e. The van der Waals surface area contributed by atoms with Crippen molar-refractivity contribution < 1.29 is 17.9 Å². The van der Waals surface area contributed by atoms with Crippen molar-refractivity contribution in [1.82, 2.24) is 10.2 Å². The molecular weight excluding hydrogens is 321 g/mol. The van der Waals surface area contributed by atoms with E-state index in [0.717, 1.165) is 12.1 Å². The van der Waals surface area contributed by atoms with Crippen molar-refractivity contribution in [3.63, 3.8) is 0 Å². The molecule has 0 N–H and O–H groups in total. The standard InChI is InChI=1S/C16H13F3N4O/c17-16(18,19)12-3-1-11(2-4-12)14-10-23(7-8-24-14)15-6-5-13(9-20)21-22-15/h1-6,14H,7-8,10H2. The smallest absolute Gasteiger partial charge is 0.370 e. The van der Waals surface area contributed by atoms with Gasteiger partial charge in [-0.25, -0.2) is 0 Å². The summed E-state index contributed by atoms with van der Waals surface area (Å²) in [7, 11) is 0. The van der Waals surface area contributed by atoms with Gasteiger partial charge in [0, 0.05) is 13.1 Å². The average Bonchev–Trinajstić information content (AvgIpc) is 2.61. The molecule has 3 rings (SSSR count). The van der Waals surface area contributed by atoms with Crippen LogP contribution in [0.5, 0.6) is 0 Å². The van der Waals surface area contributed by atoms with Gasteiger partial charge in [-0.05, 0) is 29.8 Å². The number of nitrogens with zero attached hydrogens (tertiary/aromatic N) is 4. The van der Waals surface area contributed by atoms with Gasteiger partial charge >= 0.3 is 6.18 Å². The minimum absolute atomic E-state index is 0.228. The predicted octanol–water partition coefficient (Wildman–Crippen LogP) is 2.94. The van der Waals surface area contributed by atoms with E-state index >= 15 is 0 Å². The molecule has 0 saturated carbocycles. The van der Waals surface area contributed by atoms with Crippen molar-refractivity contribution >= 4 is 5.82 Å². The van der Waals surface area contributed by atoms with Gasteiger partial charge in [-0.2, -0.15) is 18.4 Å². The minimum Gasteiger partial charge on any atom is -0.370 e. The van der Waals surface area contributed by atoms with Gasteiger partial charge in [-0.3, -0.25) is 0 Å². The number of aromatic nitrogens is 2. The van der Waals surface area contributed by atoms with E-state index in [1.165, 1.54) is 12.1 Å². The van der Waals surface area contributed by atoms with E-state index in [0.29, 0.717) is 31.1 Å². The fraction of sp³-hybridized carbons (Fsp3) is 0.312. The van der Waals surface area contributed by atoms with Crippen LogP contribution in [0.15, 0.2) is 36.4 Å². The molecule has 1 aromatic heterocycles. The van der Waals surface area contributed by atoms with Crippen molar-refractivity contribution in [2.45, 2.75) is 12.3 Å². The molecule has 0 spiro atoms. The molecule has 0 bridgehead atoms. The number of ether oxygens (including phenoxy) is 1. The Balaban J connectivity index is 1.74. The summed E-state index contributed by atoms with van der Waals surface area (Å²) in [4.78, 5) is 1.93. The number of nitriles is 1. The highest BCUT2D eigenvalue weighted by Crippen LogP contribution is 2.31. The fourth-order valence-electron chi connectivity index (χ4n) is 2.50. The molecular formula is C16H13F3N4O. The third-order valence-electron chi connectivity index (χ3n) is 3.77. The average molecular weight is 334 g/mol. The first-order valence-electron chi connectivity index (χ1n) is 7.25. The van der Waals surface area contributed by atoms with Crippen LogP contribution in [0.4, 0.5) is 19.0 Å². The van der Waals surface area contributed by atoms with Crippen LogP contribution in [0, 0.1) is 11.3 Å². The van der Waals surface area contributed by atoms with E-state index < -0.39 is 11.7 Å². The van der Waals surface area contributed by atoms with Crippen LogP contribution in [-0.4, -0.2) is 29.9 Å². The van der Waals surface area contributed by atoms with Crippen molar-refractivity contribution in [2.24, 2.45) is 0 Å². The fourth-order valence-corrected chi connectivity index (χ4v) is 2.50. The molecule has 0 aliphatic carbocycles. The van der Waals surface area contributed by atoms with Crippen LogP contribution in [0.25, 0.3) is 0 Å². The van der Waals surface area contributed by atoms with Crippen LogP contribution in [-0.2, 0) is 10.9 Å². The minimum atomic E-state index is -4.35. The molecule has 1 aliphatic rings. The highest BCUT2D eigenvalue weighted by Gasteiger charge is 2.31. The van der Waals surface area contributed by atoms with E-state index in [1.807, 2.05) is 11.0 Å². The molecule has 2 aromatic rings. The molecule has 8 heteroatoms. The van der Waals surface area contributed by atoms with Crippen LogP contribution in [0.2, 0.25) is 0 Å². The first-order chi connectivity index (χ1) is 11.5. The van der Waals surface area contributed by atoms with Crippen LogP contribution in [0.1, 0.15) is 22.9 Å². The Morgan fingerprint density at radius 3 is 2.46 bits per heavy atom. The topological polar surface area (TPSA) is 62.0 Å². The van der Waals surface area contributed by atoms with E-state index in [2.05, 4.69) is 10.2 Å². The van der Waals surface area contributed by atoms with Crippen molar-refractivity contribution in [2.75, 3.05) is 24.6 Å². The van der Waals surface area contributed by atoms with Gasteiger partial charge in [0.05, 0.1) is 12.2 Å². The Morgan fingerprint density at radius 2 is 1.88 bits per heavy atom. The molecule has 1 unspecified atom stereocenters. The lowest BCUT2D eigenvalue weighted by Crippen LogP contribution is -2.39. The lowest BCUT2D eigenvalue weighted by Gasteiger charge is -2.33. The zero-order chi connectivity index (χ0) is 17.2. The summed E-state index contributed by atoms with van der Waals surface area (Å²) < 4.78 is 43.6. The molecule has 1 saturated heterocycles. The van der Waals surface area contributed by atoms with Crippen LogP contribution in [0.3, 0.4) is 0 Å². The molecule has 0 radical (unpaired) electrons. The van der Waals surface area contributed by atoms with Gasteiger partial charge < -0.3 is 9.64 Å². The second-order valence-corrected chi connectivity index (χ2v) is 5.31. The number of morpholine rings is 1. The number of hydrogen-bond donors (Lipinski definition) is 0.